The van der Waals surface area contributed by atoms with Gasteiger partial charge in [0.05, 0.1) is 34.6 Å². The summed E-state index contributed by atoms with van der Waals surface area (Å²) in [6, 6.07) is 4.99. The van der Waals surface area contributed by atoms with Gasteiger partial charge in [-0.15, -0.1) is 0 Å². The van der Waals surface area contributed by atoms with Gasteiger partial charge < -0.3 is 14.6 Å². The molecule has 0 atom stereocenters. The van der Waals surface area contributed by atoms with Crippen LogP contribution in [0.25, 0.3) is 10.2 Å². The van der Waals surface area contributed by atoms with Gasteiger partial charge in [-0.3, -0.25) is 15.0 Å². The number of methoxy groups -OCH3 is 2. The molecular formula is C38H61ClF3N3O4S. The molecule has 0 saturated carbocycles. The van der Waals surface area contributed by atoms with E-state index in [1.807, 2.05) is 18.7 Å². The predicted molar refractivity (Wildman–Crippen MR) is 205 cm³/mol. The number of aromatic hydroxyl groups is 1. The van der Waals surface area contributed by atoms with E-state index in [1.165, 1.54) is 44.6 Å². The van der Waals surface area contributed by atoms with Crippen LogP contribution in [0.5, 0.6) is 5.75 Å². The average Bonchev–Trinajstić information content (AvgIpc) is 3.50. The number of fused-ring (bicyclic) bond motifs is 1. The molecule has 1 heterocycles. The van der Waals surface area contributed by atoms with Crippen molar-refractivity contribution in [3.05, 3.63) is 51.5 Å². The van der Waals surface area contributed by atoms with Gasteiger partial charge in [0.25, 0.3) is 5.91 Å². The number of benzene rings is 2. The van der Waals surface area contributed by atoms with E-state index in [4.69, 9.17) is 21.1 Å². The van der Waals surface area contributed by atoms with Crippen molar-refractivity contribution >= 4 is 44.2 Å². The number of rotatable bonds is 16. The van der Waals surface area contributed by atoms with Gasteiger partial charge in [-0.05, 0) is 42.2 Å². The highest BCUT2D eigenvalue weighted by atomic mass is 35.5. The molecule has 0 bridgehead atoms. The van der Waals surface area contributed by atoms with E-state index < -0.39 is 17.6 Å². The third kappa shape index (κ3) is 17.7. The number of nitrogens with one attached hydrogen (secondary N) is 1. The normalized spacial score (nSPS) is 11.0. The molecule has 1 aromatic heterocycles. The van der Waals surface area contributed by atoms with Crippen LogP contribution >= 0.6 is 22.9 Å². The van der Waals surface area contributed by atoms with Crippen molar-refractivity contribution in [3.8, 4) is 5.75 Å². The van der Waals surface area contributed by atoms with E-state index in [-0.39, 0.29) is 21.5 Å². The number of amides is 1. The fourth-order valence-electron chi connectivity index (χ4n) is 4.45. The fourth-order valence-corrected chi connectivity index (χ4v) is 5.64. The maximum absolute atomic E-state index is 13.3. The summed E-state index contributed by atoms with van der Waals surface area (Å²) in [4.78, 5) is 19.3. The number of nitrogens with zero attached hydrogens (tertiary/aromatic N) is 2. The first-order chi connectivity index (χ1) is 23.7. The summed E-state index contributed by atoms with van der Waals surface area (Å²) in [5, 5.41) is 13.8. The van der Waals surface area contributed by atoms with Gasteiger partial charge >= 0.3 is 6.18 Å². The molecule has 286 valence electrons. The monoisotopic (exact) mass is 747 g/mol. The van der Waals surface area contributed by atoms with Crippen molar-refractivity contribution in [1.82, 2.24) is 9.88 Å². The summed E-state index contributed by atoms with van der Waals surface area (Å²) in [5.74, 6) is -0.0160. The Labute approximate surface area is 307 Å². The zero-order valence-corrected chi connectivity index (χ0v) is 33.4. The van der Waals surface area contributed by atoms with Crippen molar-refractivity contribution in [2.75, 3.05) is 45.8 Å². The van der Waals surface area contributed by atoms with Crippen LogP contribution in [0.1, 0.15) is 121 Å². The van der Waals surface area contributed by atoms with Crippen molar-refractivity contribution < 1.29 is 32.5 Å². The van der Waals surface area contributed by atoms with E-state index in [1.54, 1.807) is 27.2 Å². The molecule has 0 aliphatic heterocycles. The molecule has 50 heavy (non-hydrogen) atoms. The van der Waals surface area contributed by atoms with Crippen LogP contribution in [-0.4, -0.2) is 61.4 Å². The standard InChI is InChI=1S/C24H27ClF3N3O4S.C8H18.C4H10.C2H6/c1-4-14-9-16(24(26,27)28)11-19-20(14)29-23(36-19)30-22(33)18-12-17(25)10-15(21(18)32)13-31(5-7-34-2)6-8-35-3;1-4-5-6-7-8(2)3;1-3-4-2;1-2/h9-12,32H,4-8,13H2,1-3H3,(H,29,30,33);8H,4-7H2,1-3H3;3-4H2,1-2H3;1-2H3. The van der Waals surface area contributed by atoms with E-state index in [0.717, 1.165) is 29.4 Å². The molecule has 0 spiro atoms. The lowest BCUT2D eigenvalue weighted by molar-refractivity contribution is -0.137. The van der Waals surface area contributed by atoms with Gasteiger partial charge in [0, 0.05) is 44.4 Å². The molecule has 0 unspecified atom stereocenters. The van der Waals surface area contributed by atoms with Crippen LogP contribution in [0, 0.1) is 5.92 Å². The molecule has 2 aromatic carbocycles. The number of anilines is 1. The van der Waals surface area contributed by atoms with Crippen molar-refractivity contribution in [2.24, 2.45) is 5.92 Å². The van der Waals surface area contributed by atoms with Gasteiger partial charge in [-0.25, -0.2) is 4.98 Å². The largest absolute Gasteiger partial charge is 0.507 e. The number of alkyl halides is 3. The number of aryl methyl sites for hydroxylation is 1. The van der Waals surface area contributed by atoms with Crippen molar-refractivity contribution in [3.63, 3.8) is 0 Å². The topological polar surface area (TPSA) is 83.9 Å². The Balaban J connectivity index is 0.00000145. The summed E-state index contributed by atoms with van der Waals surface area (Å²) in [6.45, 7) is 19.3. The second-order valence-electron chi connectivity index (χ2n) is 11.9. The van der Waals surface area contributed by atoms with Crippen LogP contribution in [0.15, 0.2) is 24.3 Å². The lowest BCUT2D eigenvalue weighted by Gasteiger charge is -2.22. The number of hydrogen-bond donors (Lipinski definition) is 2. The summed E-state index contributed by atoms with van der Waals surface area (Å²) >= 11 is 7.18. The second kappa shape index (κ2) is 26.4. The maximum Gasteiger partial charge on any atom is 0.416 e. The molecule has 0 fully saturated rings. The predicted octanol–water partition coefficient (Wildman–Crippen LogP) is 11.6. The molecule has 2 N–H and O–H groups in total. The quantitative estimate of drug-likeness (QED) is 0.142. The first kappa shape index (κ1) is 47.6. The van der Waals surface area contributed by atoms with E-state index in [2.05, 4.69) is 44.9 Å². The smallest absolute Gasteiger partial charge is 0.416 e. The zero-order valence-electron chi connectivity index (χ0n) is 31.9. The lowest BCUT2D eigenvalue weighted by Crippen LogP contribution is -2.30. The van der Waals surface area contributed by atoms with Crippen LogP contribution in [0.3, 0.4) is 0 Å². The van der Waals surface area contributed by atoms with E-state index in [0.29, 0.717) is 60.6 Å². The third-order valence-electron chi connectivity index (χ3n) is 7.40. The Morgan fingerprint density at radius 2 is 1.56 bits per heavy atom. The molecule has 0 radical (unpaired) electrons. The Hall–Kier alpha value is -2.44. The van der Waals surface area contributed by atoms with E-state index in [9.17, 15) is 23.1 Å². The third-order valence-corrected chi connectivity index (χ3v) is 8.54. The fraction of sp³-hybridized carbons (Fsp3) is 0.632. The highest BCUT2D eigenvalue weighted by molar-refractivity contribution is 7.22. The summed E-state index contributed by atoms with van der Waals surface area (Å²) in [7, 11) is 3.17. The first-order valence-corrected chi connectivity index (χ1v) is 19.0. The zero-order chi connectivity index (χ0) is 38.3. The summed E-state index contributed by atoms with van der Waals surface area (Å²) < 4.78 is 50.4. The average molecular weight is 748 g/mol. The van der Waals surface area contributed by atoms with Gasteiger partial charge in [-0.1, -0.05) is 117 Å². The summed E-state index contributed by atoms with van der Waals surface area (Å²) in [6.07, 6.45) is 4.10. The highest BCUT2D eigenvalue weighted by Gasteiger charge is 2.32. The first-order valence-electron chi connectivity index (χ1n) is 17.8. The number of phenolic OH excluding ortho intramolecular Hbond substituents is 1. The maximum atomic E-state index is 13.3. The minimum Gasteiger partial charge on any atom is -0.507 e. The van der Waals surface area contributed by atoms with Gasteiger partial charge in [0.15, 0.2) is 5.13 Å². The Morgan fingerprint density at radius 3 is 2.04 bits per heavy atom. The molecular weight excluding hydrogens is 687 g/mol. The minimum atomic E-state index is -4.49. The molecule has 1 amide bonds. The number of phenols is 1. The number of halogens is 4. The van der Waals surface area contributed by atoms with E-state index >= 15 is 0 Å². The van der Waals surface area contributed by atoms with Gasteiger partial charge in [0.2, 0.25) is 0 Å². The molecule has 3 aromatic rings. The Bertz CT molecular complexity index is 1360. The Kier molecular flexibility index (Phi) is 25.1. The lowest BCUT2D eigenvalue weighted by atomic mass is 10.1. The number of thiazole rings is 1. The van der Waals surface area contributed by atoms with Crippen molar-refractivity contribution in [2.45, 2.75) is 113 Å². The number of carbonyl (C=O) groups excluding carboxylic acids is 1. The molecule has 3 rings (SSSR count). The number of unbranched alkanes of at least 4 members (excludes halogenated alkanes) is 3. The minimum absolute atomic E-state index is 0.0677. The highest BCUT2D eigenvalue weighted by Crippen LogP contribution is 2.37. The molecule has 0 saturated heterocycles. The molecule has 12 heteroatoms. The second-order valence-corrected chi connectivity index (χ2v) is 13.4. The number of hydrogen-bond acceptors (Lipinski definition) is 7. The van der Waals surface area contributed by atoms with Gasteiger partial charge in [0.1, 0.15) is 5.75 Å². The number of ether oxygens (including phenoxy) is 2. The van der Waals surface area contributed by atoms with Crippen LogP contribution in [0.4, 0.5) is 18.3 Å². The SMILES string of the molecule is CC.CCCC.CCCCCC(C)C.CCc1cc(C(F)(F)F)cc2sc(NC(=O)c3cc(Cl)cc(CN(CCOC)CCOC)c3O)nc12. The van der Waals surface area contributed by atoms with Crippen LogP contribution in [-0.2, 0) is 28.6 Å². The number of carbonyl (C=O) groups is 1. The molecule has 7 nitrogen and oxygen atoms in total. The van der Waals surface area contributed by atoms with Gasteiger partial charge in [-0.2, -0.15) is 13.2 Å². The van der Waals surface area contributed by atoms with Crippen LogP contribution < -0.4 is 5.32 Å². The van der Waals surface area contributed by atoms with Crippen LogP contribution in [0.2, 0.25) is 5.02 Å². The number of aromatic nitrogens is 1. The Morgan fingerprint density at radius 1 is 0.960 bits per heavy atom. The molecule has 0 aliphatic rings. The van der Waals surface area contributed by atoms with Crippen molar-refractivity contribution in [1.29, 1.82) is 0 Å². The molecule has 0 aliphatic carbocycles. The summed E-state index contributed by atoms with van der Waals surface area (Å²) in [5.41, 5.74) is 0.427.